The smallest absolute Gasteiger partial charge is 0.0542 e. The van der Waals surface area contributed by atoms with Gasteiger partial charge in [-0.1, -0.05) is 12.3 Å². The van der Waals surface area contributed by atoms with Crippen molar-refractivity contribution < 1.29 is 0 Å². The molecule has 1 saturated carbocycles. The third-order valence-electron chi connectivity index (χ3n) is 2.67. The summed E-state index contributed by atoms with van der Waals surface area (Å²) in [6, 6.07) is 4.63. The van der Waals surface area contributed by atoms with E-state index >= 15 is 0 Å². The van der Waals surface area contributed by atoms with E-state index in [0.29, 0.717) is 6.04 Å². The Morgan fingerprint density at radius 2 is 2.36 bits per heavy atom. The van der Waals surface area contributed by atoms with E-state index in [0.717, 1.165) is 17.8 Å². The van der Waals surface area contributed by atoms with Gasteiger partial charge in [0, 0.05) is 24.3 Å². The van der Waals surface area contributed by atoms with Crippen molar-refractivity contribution in [3.8, 4) is 12.3 Å². The zero-order chi connectivity index (χ0) is 9.80. The summed E-state index contributed by atoms with van der Waals surface area (Å²) in [7, 11) is 0. The van der Waals surface area contributed by atoms with Gasteiger partial charge in [-0.2, -0.15) is 0 Å². The molecule has 1 heterocycles. The van der Waals surface area contributed by atoms with Crippen LogP contribution in [0.4, 0.5) is 0 Å². The minimum absolute atomic E-state index is 0.712. The van der Waals surface area contributed by atoms with Crippen molar-refractivity contribution in [1.82, 2.24) is 10.3 Å². The maximum atomic E-state index is 5.25. The summed E-state index contributed by atoms with van der Waals surface area (Å²) in [4.78, 5) is 4.27. The fourth-order valence-corrected chi connectivity index (χ4v) is 1.48. The third kappa shape index (κ3) is 2.12. The van der Waals surface area contributed by atoms with Crippen molar-refractivity contribution in [1.29, 1.82) is 0 Å². The summed E-state index contributed by atoms with van der Waals surface area (Å²) in [5, 5.41) is 3.46. The number of nitrogens with zero attached hydrogens (tertiary/aromatic N) is 1. The molecule has 2 rings (SSSR count). The lowest BCUT2D eigenvalue weighted by Crippen LogP contribution is -2.34. The van der Waals surface area contributed by atoms with Gasteiger partial charge >= 0.3 is 0 Å². The van der Waals surface area contributed by atoms with Crippen molar-refractivity contribution in [2.75, 3.05) is 0 Å². The summed E-state index contributed by atoms with van der Waals surface area (Å²) in [6.07, 6.45) is 11.0. The highest BCUT2D eigenvalue weighted by Gasteiger charge is 2.15. The molecule has 0 aliphatic heterocycles. The summed E-state index contributed by atoms with van der Waals surface area (Å²) in [6.45, 7) is 0.857. The van der Waals surface area contributed by atoms with E-state index in [9.17, 15) is 0 Å². The molecule has 2 heteroatoms. The lowest BCUT2D eigenvalue weighted by molar-refractivity contribution is 0.337. The van der Waals surface area contributed by atoms with E-state index in [2.05, 4.69) is 16.2 Å². The fraction of sp³-hybridized carbons (Fsp3) is 0.417. The SMILES string of the molecule is C#Cc1ccc(CNC2CCC2)nc1. The van der Waals surface area contributed by atoms with E-state index in [1.807, 2.05) is 12.1 Å². The van der Waals surface area contributed by atoms with Crippen LogP contribution in [0.3, 0.4) is 0 Å². The predicted molar refractivity (Wildman–Crippen MR) is 56.7 cm³/mol. The third-order valence-corrected chi connectivity index (χ3v) is 2.67. The number of pyridine rings is 1. The monoisotopic (exact) mass is 186 g/mol. The number of hydrogen-bond donors (Lipinski definition) is 1. The molecule has 72 valence electrons. The van der Waals surface area contributed by atoms with E-state index in [1.165, 1.54) is 19.3 Å². The number of hydrogen-bond acceptors (Lipinski definition) is 2. The van der Waals surface area contributed by atoms with Gasteiger partial charge in [0.05, 0.1) is 5.69 Å². The quantitative estimate of drug-likeness (QED) is 0.727. The van der Waals surface area contributed by atoms with Crippen molar-refractivity contribution in [2.45, 2.75) is 31.8 Å². The van der Waals surface area contributed by atoms with Gasteiger partial charge in [-0.05, 0) is 25.0 Å². The van der Waals surface area contributed by atoms with Crippen molar-refractivity contribution in [3.05, 3.63) is 29.6 Å². The maximum absolute atomic E-state index is 5.25. The average molecular weight is 186 g/mol. The Morgan fingerprint density at radius 1 is 1.50 bits per heavy atom. The van der Waals surface area contributed by atoms with Crippen LogP contribution in [-0.2, 0) is 6.54 Å². The first-order chi connectivity index (χ1) is 6.88. The lowest BCUT2D eigenvalue weighted by Gasteiger charge is -2.26. The van der Waals surface area contributed by atoms with Crippen molar-refractivity contribution in [2.24, 2.45) is 0 Å². The van der Waals surface area contributed by atoms with Crippen LogP contribution in [0.25, 0.3) is 0 Å². The minimum atomic E-state index is 0.712. The second kappa shape index (κ2) is 4.26. The molecule has 0 saturated heterocycles. The van der Waals surface area contributed by atoms with Crippen molar-refractivity contribution >= 4 is 0 Å². The molecule has 0 bridgehead atoms. The van der Waals surface area contributed by atoms with Crippen LogP contribution < -0.4 is 5.32 Å². The second-order valence-corrected chi connectivity index (χ2v) is 3.69. The van der Waals surface area contributed by atoms with Crippen LogP contribution in [-0.4, -0.2) is 11.0 Å². The molecule has 1 aliphatic rings. The summed E-state index contributed by atoms with van der Waals surface area (Å²) < 4.78 is 0. The summed E-state index contributed by atoms with van der Waals surface area (Å²) in [5.74, 6) is 2.56. The molecule has 0 unspecified atom stereocenters. The molecule has 14 heavy (non-hydrogen) atoms. The number of aromatic nitrogens is 1. The van der Waals surface area contributed by atoms with E-state index in [1.54, 1.807) is 6.20 Å². The summed E-state index contributed by atoms with van der Waals surface area (Å²) in [5.41, 5.74) is 1.91. The van der Waals surface area contributed by atoms with Gasteiger partial charge in [0.15, 0.2) is 0 Å². The topological polar surface area (TPSA) is 24.9 Å². The van der Waals surface area contributed by atoms with Crippen LogP contribution >= 0.6 is 0 Å². The first kappa shape index (κ1) is 9.23. The van der Waals surface area contributed by atoms with Gasteiger partial charge in [0.2, 0.25) is 0 Å². The second-order valence-electron chi connectivity index (χ2n) is 3.69. The van der Waals surface area contributed by atoms with Crippen LogP contribution in [0, 0.1) is 12.3 Å². The molecule has 1 aromatic rings. The first-order valence-corrected chi connectivity index (χ1v) is 5.03. The zero-order valence-corrected chi connectivity index (χ0v) is 8.16. The Morgan fingerprint density at radius 3 is 2.86 bits per heavy atom. The van der Waals surface area contributed by atoms with Gasteiger partial charge in [-0.15, -0.1) is 6.42 Å². The molecule has 0 atom stereocenters. The molecule has 0 aromatic carbocycles. The molecular formula is C12H14N2. The van der Waals surface area contributed by atoms with Crippen LogP contribution in [0.1, 0.15) is 30.5 Å². The normalized spacial score (nSPS) is 15.9. The Kier molecular flexibility index (Phi) is 2.81. The fourth-order valence-electron chi connectivity index (χ4n) is 1.48. The van der Waals surface area contributed by atoms with Crippen LogP contribution in [0.15, 0.2) is 18.3 Å². The number of rotatable bonds is 3. The van der Waals surface area contributed by atoms with Gasteiger partial charge in [0.25, 0.3) is 0 Å². The Hall–Kier alpha value is -1.33. The molecule has 0 radical (unpaired) electrons. The van der Waals surface area contributed by atoms with Gasteiger partial charge in [-0.3, -0.25) is 4.98 Å². The van der Waals surface area contributed by atoms with E-state index in [4.69, 9.17) is 6.42 Å². The molecule has 2 nitrogen and oxygen atoms in total. The Labute approximate surface area is 84.7 Å². The van der Waals surface area contributed by atoms with Gasteiger partial charge in [0.1, 0.15) is 0 Å². The van der Waals surface area contributed by atoms with E-state index < -0.39 is 0 Å². The standard InChI is InChI=1S/C12H14N2/c1-2-10-6-7-12(13-8-10)9-14-11-4-3-5-11/h1,6-8,11,14H,3-5,9H2. The highest BCUT2D eigenvalue weighted by molar-refractivity contribution is 5.29. The van der Waals surface area contributed by atoms with E-state index in [-0.39, 0.29) is 0 Å². The maximum Gasteiger partial charge on any atom is 0.0542 e. The molecule has 1 N–H and O–H groups in total. The molecule has 1 fully saturated rings. The first-order valence-electron chi connectivity index (χ1n) is 5.03. The molecular weight excluding hydrogens is 172 g/mol. The van der Waals surface area contributed by atoms with Gasteiger partial charge in [-0.25, -0.2) is 0 Å². The lowest BCUT2D eigenvalue weighted by atomic mass is 9.93. The molecule has 0 spiro atoms. The predicted octanol–water partition coefficient (Wildman–Crippen LogP) is 1.71. The molecule has 1 aliphatic carbocycles. The summed E-state index contributed by atoms with van der Waals surface area (Å²) >= 11 is 0. The Bertz CT molecular complexity index is 330. The zero-order valence-electron chi connectivity index (χ0n) is 8.16. The Balaban J connectivity index is 1.86. The highest BCUT2D eigenvalue weighted by atomic mass is 14.9. The van der Waals surface area contributed by atoms with Crippen LogP contribution in [0.5, 0.6) is 0 Å². The largest absolute Gasteiger partial charge is 0.308 e. The number of nitrogens with one attached hydrogen (secondary N) is 1. The highest BCUT2D eigenvalue weighted by Crippen LogP contribution is 2.18. The average Bonchev–Trinajstić information content (AvgIpc) is 2.16. The minimum Gasteiger partial charge on any atom is -0.308 e. The molecule has 1 aromatic heterocycles. The van der Waals surface area contributed by atoms with Gasteiger partial charge < -0.3 is 5.32 Å². The molecule has 0 amide bonds. The van der Waals surface area contributed by atoms with Crippen LogP contribution in [0.2, 0.25) is 0 Å². The number of terminal acetylenes is 1. The van der Waals surface area contributed by atoms with Crippen molar-refractivity contribution in [3.63, 3.8) is 0 Å².